The fourth-order valence-electron chi connectivity index (χ4n) is 3.39. The number of fused-ring (bicyclic) bond motifs is 1. The summed E-state index contributed by atoms with van der Waals surface area (Å²) in [5.74, 6) is 2.32. The van der Waals surface area contributed by atoms with Gasteiger partial charge in [-0.2, -0.15) is 0 Å². The molecule has 0 fully saturated rings. The first kappa shape index (κ1) is 19.0. The number of para-hydroxylation sites is 2. The average Bonchev–Trinajstić information content (AvgIpc) is 3.10. The quantitative estimate of drug-likeness (QED) is 0.494. The topological polar surface area (TPSA) is 56.5 Å². The van der Waals surface area contributed by atoms with Gasteiger partial charge in [0.25, 0.3) is 0 Å². The Hall–Kier alpha value is -3.31. The lowest BCUT2D eigenvalue weighted by atomic mass is 10.1. The number of hydrogen-bond acceptors (Lipinski definition) is 4. The Morgan fingerprint density at radius 3 is 2.52 bits per heavy atom. The molecule has 0 spiro atoms. The molecule has 0 amide bonds. The fourth-order valence-corrected chi connectivity index (χ4v) is 3.39. The van der Waals surface area contributed by atoms with E-state index in [1.54, 1.807) is 13.2 Å². The van der Waals surface area contributed by atoms with E-state index in [1.807, 2.05) is 60.7 Å². The Morgan fingerprint density at radius 2 is 1.69 bits per heavy atom. The lowest BCUT2D eigenvalue weighted by Gasteiger charge is -2.16. The summed E-state index contributed by atoms with van der Waals surface area (Å²) >= 11 is 0. The van der Waals surface area contributed by atoms with Crippen LogP contribution in [0.3, 0.4) is 0 Å². The third-order valence-electron chi connectivity index (χ3n) is 4.82. The minimum atomic E-state index is -0.673. The van der Waals surface area contributed by atoms with Gasteiger partial charge in [-0.3, -0.25) is 0 Å². The highest BCUT2D eigenvalue weighted by Crippen LogP contribution is 2.21. The maximum Gasteiger partial charge on any atom is 0.123 e. The number of aliphatic hydroxyl groups is 1. The van der Waals surface area contributed by atoms with Gasteiger partial charge in [0.1, 0.15) is 30.0 Å². The normalized spacial score (nSPS) is 12.1. The summed E-state index contributed by atoms with van der Waals surface area (Å²) < 4.78 is 13.1. The molecule has 29 heavy (non-hydrogen) atoms. The van der Waals surface area contributed by atoms with E-state index >= 15 is 0 Å². The first-order valence-corrected chi connectivity index (χ1v) is 9.66. The molecule has 0 saturated heterocycles. The first-order valence-electron chi connectivity index (χ1n) is 9.66. The molecular formula is C24H24N2O3. The number of ether oxygens (including phenoxy) is 2. The summed E-state index contributed by atoms with van der Waals surface area (Å²) in [6, 6.07) is 25.6. The highest BCUT2D eigenvalue weighted by atomic mass is 16.5. The van der Waals surface area contributed by atoms with E-state index in [1.165, 1.54) is 5.56 Å². The van der Waals surface area contributed by atoms with Gasteiger partial charge < -0.3 is 19.1 Å². The van der Waals surface area contributed by atoms with Gasteiger partial charge in [-0.15, -0.1) is 0 Å². The van der Waals surface area contributed by atoms with Crippen molar-refractivity contribution in [2.45, 2.75) is 19.1 Å². The maximum absolute atomic E-state index is 10.7. The van der Waals surface area contributed by atoms with E-state index in [9.17, 15) is 5.11 Å². The van der Waals surface area contributed by atoms with Crippen molar-refractivity contribution in [3.05, 3.63) is 90.3 Å². The molecule has 1 N–H and O–H groups in total. The Morgan fingerprint density at radius 1 is 0.931 bits per heavy atom. The van der Waals surface area contributed by atoms with Crippen LogP contribution in [0, 0.1) is 0 Å². The van der Waals surface area contributed by atoms with Crippen LogP contribution in [0.1, 0.15) is 11.4 Å². The van der Waals surface area contributed by atoms with Crippen LogP contribution in [0.5, 0.6) is 11.5 Å². The smallest absolute Gasteiger partial charge is 0.123 e. The second-order valence-corrected chi connectivity index (χ2v) is 6.93. The number of methoxy groups -OCH3 is 1. The van der Waals surface area contributed by atoms with Crippen LogP contribution >= 0.6 is 0 Å². The van der Waals surface area contributed by atoms with Crippen molar-refractivity contribution in [2.24, 2.45) is 0 Å². The van der Waals surface area contributed by atoms with Crippen molar-refractivity contribution in [2.75, 3.05) is 13.7 Å². The van der Waals surface area contributed by atoms with Gasteiger partial charge in [0.05, 0.1) is 24.7 Å². The van der Waals surface area contributed by atoms with Crippen LogP contribution in [0.4, 0.5) is 0 Å². The Balaban J connectivity index is 1.52. The number of nitrogens with zero attached hydrogens (tertiary/aromatic N) is 2. The lowest BCUT2D eigenvalue weighted by molar-refractivity contribution is 0.0927. The number of rotatable bonds is 8. The molecule has 0 bridgehead atoms. The van der Waals surface area contributed by atoms with Crippen molar-refractivity contribution >= 4 is 11.0 Å². The predicted molar refractivity (Wildman–Crippen MR) is 113 cm³/mol. The van der Waals surface area contributed by atoms with Gasteiger partial charge in [0, 0.05) is 12.5 Å². The lowest BCUT2D eigenvalue weighted by Crippen LogP contribution is -2.24. The number of imidazole rings is 1. The van der Waals surface area contributed by atoms with Crippen molar-refractivity contribution in [3.63, 3.8) is 0 Å². The predicted octanol–water partition coefficient (Wildman–Crippen LogP) is 4.08. The van der Waals surface area contributed by atoms with Crippen molar-refractivity contribution in [3.8, 4) is 11.5 Å². The van der Waals surface area contributed by atoms with Crippen molar-refractivity contribution in [1.82, 2.24) is 9.55 Å². The molecule has 1 atom stereocenters. The molecule has 5 nitrogen and oxygen atoms in total. The molecule has 4 rings (SSSR count). The zero-order chi connectivity index (χ0) is 20.1. The van der Waals surface area contributed by atoms with E-state index in [4.69, 9.17) is 14.5 Å². The van der Waals surface area contributed by atoms with E-state index in [0.29, 0.717) is 18.7 Å². The highest BCUT2D eigenvalue weighted by molar-refractivity contribution is 5.76. The molecule has 148 valence electrons. The van der Waals surface area contributed by atoms with Gasteiger partial charge >= 0.3 is 0 Å². The molecule has 1 aromatic heterocycles. The number of aliphatic hydroxyl groups excluding tert-OH is 1. The Labute approximate surface area is 170 Å². The molecule has 0 aliphatic carbocycles. The van der Waals surface area contributed by atoms with E-state index < -0.39 is 6.10 Å². The summed E-state index contributed by atoms with van der Waals surface area (Å²) in [6.07, 6.45) is 0.0345. The summed E-state index contributed by atoms with van der Waals surface area (Å²) in [5.41, 5.74) is 3.13. The number of aromatic nitrogens is 2. The molecule has 0 aliphatic rings. The molecule has 0 aliphatic heterocycles. The van der Waals surface area contributed by atoms with Crippen molar-refractivity contribution in [1.29, 1.82) is 0 Å². The average molecular weight is 388 g/mol. The van der Waals surface area contributed by atoms with Gasteiger partial charge in [-0.25, -0.2) is 4.98 Å². The maximum atomic E-state index is 10.7. The SMILES string of the molecule is COc1cccc(OC[C@H](O)Cn2c(Cc3ccccc3)nc3ccccc32)c1. The second-order valence-electron chi connectivity index (χ2n) is 6.93. The fraction of sp³-hybridized carbons (Fsp3) is 0.208. The monoisotopic (exact) mass is 388 g/mol. The third kappa shape index (κ3) is 4.58. The first-order chi connectivity index (χ1) is 14.2. The largest absolute Gasteiger partial charge is 0.497 e. The minimum Gasteiger partial charge on any atom is -0.497 e. The molecule has 1 heterocycles. The molecule has 4 aromatic rings. The minimum absolute atomic E-state index is 0.185. The van der Waals surface area contributed by atoms with Crippen LogP contribution in [-0.4, -0.2) is 34.5 Å². The zero-order valence-corrected chi connectivity index (χ0v) is 16.4. The van der Waals surface area contributed by atoms with Gasteiger partial charge in [0.15, 0.2) is 0 Å². The highest BCUT2D eigenvalue weighted by Gasteiger charge is 2.15. The van der Waals surface area contributed by atoms with Crippen LogP contribution in [-0.2, 0) is 13.0 Å². The Bertz CT molecular complexity index is 1080. The Kier molecular flexibility index (Phi) is 5.77. The van der Waals surface area contributed by atoms with Crippen molar-refractivity contribution < 1.29 is 14.6 Å². The standard InChI is InChI=1S/C24H24N2O3/c1-28-20-10-7-11-21(15-20)29-17-19(27)16-26-23-13-6-5-12-22(23)25-24(26)14-18-8-3-2-4-9-18/h2-13,15,19,27H,14,16-17H2,1H3/t19-/m1/s1. The zero-order valence-electron chi connectivity index (χ0n) is 16.4. The van der Waals surface area contributed by atoms with Crippen LogP contribution in [0.2, 0.25) is 0 Å². The van der Waals surface area contributed by atoms with Gasteiger partial charge in [0.2, 0.25) is 0 Å². The van der Waals surface area contributed by atoms with Gasteiger partial charge in [-0.05, 0) is 29.8 Å². The number of hydrogen-bond donors (Lipinski definition) is 1. The van der Waals surface area contributed by atoms with Crippen LogP contribution in [0.25, 0.3) is 11.0 Å². The number of benzene rings is 3. The van der Waals surface area contributed by atoms with Crippen LogP contribution < -0.4 is 9.47 Å². The second kappa shape index (κ2) is 8.80. The summed E-state index contributed by atoms with van der Waals surface area (Å²) in [7, 11) is 1.62. The summed E-state index contributed by atoms with van der Waals surface area (Å²) in [6.45, 7) is 0.594. The molecule has 0 saturated carbocycles. The molecular weight excluding hydrogens is 364 g/mol. The molecule has 0 radical (unpaired) electrons. The van der Waals surface area contributed by atoms with Gasteiger partial charge in [-0.1, -0.05) is 48.5 Å². The third-order valence-corrected chi connectivity index (χ3v) is 4.82. The molecule has 5 heteroatoms. The summed E-state index contributed by atoms with van der Waals surface area (Å²) in [5, 5.41) is 10.7. The van der Waals surface area contributed by atoms with E-state index in [2.05, 4.69) is 16.7 Å². The van der Waals surface area contributed by atoms with Crippen LogP contribution in [0.15, 0.2) is 78.9 Å². The van der Waals surface area contributed by atoms with E-state index in [-0.39, 0.29) is 6.61 Å². The molecule has 3 aromatic carbocycles. The summed E-state index contributed by atoms with van der Waals surface area (Å²) in [4.78, 5) is 4.80. The molecule has 0 unspecified atom stereocenters. The van der Waals surface area contributed by atoms with E-state index in [0.717, 1.165) is 22.6 Å².